The summed E-state index contributed by atoms with van der Waals surface area (Å²) in [5, 5.41) is 3.76. The van der Waals surface area contributed by atoms with Gasteiger partial charge in [-0.1, -0.05) is 12.6 Å². The molecule has 1 fully saturated rings. The molecule has 7 heteroatoms. The first-order chi connectivity index (χ1) is 9.16. The highest BCUT2D eigenvalue weighted by atomic mass is 16.2. The van der Waals surface area contributed by atoms with Crippen molar-refractivity contribution >= 4 is 18.0 Å². The van der Waals surface area contributed by atoms with Crippen molar-refractivity contribution in [1.82, 2.24) is 21.3 Å². The molecule has 1 aromatic rings. The Morgan fingerprint density at radius 1 is 1.53 bits per heavy atom. The van der Waals surface area contributed by atoms with Crippen LogP contribution in [0.25, 0.3) is 0 Å². The third kappa shape index (κ3) is 3.38. The normalized spacial score (nSPS) is 18.2. The van der Waals surface area contributed by atoms with Gasteiger partial charge in [-0.3, -0.25) is 20.0 Å². The molecule has 0 aliphatic carbocycles. The lowest BCUT2D eigenvalue weighted by Crippen LogP contribution is -2.27. The van der Waals surface area contributed by atoms with E-state index in [-0.39, 0.29) is 18.2 Å². The molecule has 0 radical (unpaired) electrons. The Morgan fingerprint density at radius 2 is 2.37 bits per heavy atom. The molecule has 0 bridgehead atoms. The van der Waals surface area contributed by atoms with Gasteiger partial charge in [-0.2, -0.15) is 5.10 Å². The monoisotopic (exact) mass is 259 g/mol. The number of hydrogen-bond donors (Lipinski definition) is 3. The van der Waals surface area contributed by atoms with Crippen LogP contribution in [-0.2, 0) is 9.59 Å². The van der Waals surface area contributed by atoms with Gasteiger partial charge in [0, 0.05) is 18.3 Å². The quantitative estimate of drug-likeness (QED) is 0.510. The first kappa shape index (κ1) is 12.7. The lowest BCUT2D eigenvalue weighted by molar-refractivity contribution is -0.127. The van der Waals surface area contributed by atoms with Crippen LogP contribution in [-0.4, -0.2) is 23.0 Å². The standard InChI is InChI=1S/C12H13N5O2/c1-8-10(12(19)17-15-8)6-11(18)16-14-7-9-4-2-3-5-13-9/h2-5,7,10,15H,1,6H2,(H,16,18)(H,17,19). The molecule has 98 valence electrons. The van der Waals surface area contributed by atoms with Gasteiger partial charge in [-0.05, 0) is 12.1 Å². The maximum absolute atomic E-state index is 11.6. The minimum atomic E-state index is -0.565. The van der Waals surface area contributed by atoms with Gasteiger partial charge in [-0.25, -0.2) is 5.43 Å². The molecule has 1 atom stereocenters. The minimum Gasteiger partial charge on any atom is -0.302 e. The summed E-state index contributed by atoms with van der Waals surface area (Å²) in [6.07, 6.45) is 3.05. The fraction of sp³-hybridized carbons (Fsp3) is 0.167. The van der Waals surface area contributed by atoms with Crippen LogP contribution in [0, 0.1) is 5.92 Å². The van der Waals surface area contributed by atoms with Gasteiger partial charge in [-0.15, -0.1) is 0 Å². The number of aromatic nitrogens is 1. The second kappa shape index (κ2) is 5.76. The van der Waals surface area contributed by atoms with E-state index in [1.54, 1.807) is 18.3 Å². The highest BCUT2D eigenvalue weighted by Crippen LogP contribution is 2.14. The Balaban J connectivity index is 1.83. The second-order valence-electron chi connectivity index (χ2n) is 3.94. The van der Waals surface area contributed by atoms with E-state index in [1.807, 2.05) is 6.07 Å². The van der Waals surface area contributed by atoms with Crippen molar-refractivity contribution in [3.05, 3.63) is 42.4 Å². The summed E-state index contributed by atoms with van der Waals surface area (Å²) in [6, 6.07) is 5.35. The molecule has 0 aromatic carbocycles. The number of carbonyl (C=O) groups is 2. The van der Waals surface area contributed by atoms with Crippen molar-refractivity contribution in [3.63, 3.8) is 0 Å². The molecular formula is C12H13N5O2. The number of carbonyl (C=O) groups excluding carboxylic acids is 2. The van der Waals surface area contributed by atoms with Crippen LogP contribution >= 0.6 is 0 Å². The smallest absolute Gasteiger partial charge is 0.247 e. The van der Waals surface area contributed by atoms with E-state index in [9.17, 15) is 9.59 Å². The molecule has 1 unspecified atom stereocenters. The van der Waals surface area contributed by atoms with Crippen LogP contribution < -0.4 is 16.3 Å². The number of pyridine rings is 1. The number of hydrazine groups is 1. The first-order valence-electron chi connectivity index (χ1n) is 5.64. The third-order valence-electron chi connectivity index (χ3n) is 2.55. The molecule has 1 aromatic heterocycles. The van der Waals surface area contributed by atoms with E-state index >= 15 is 0 Å². The Kier molecular flexibility index (Phi) is 3.87. The minimum absolute atomic E-state index is 0.00275. The van der Waals surface area contributed by atoms with Gasteiger partial charge in [0.2, 0.25) is 11.8 Å². The predicted octanol–water partition coefficient (Wildman–Crippen LogP) is -0.314. The van der Waals surface area contributed by atoms with Crippen LogP contribution in [0.1, 0.15) is 12.1 Å². The lowest BCUT2D eigenvalue weighted by Gasteiger charge is -2.04. The highest BCUT2D eigenvalue weighted by Gasteiger charge is 2.29. The summed E-state index contributed by atoms with van der Waals surface area (Å²) in [7, 11) is 0. The van der Waals surface area contributed by atoms with E-state index in [1.165, 1.54) is 6.21 Å². The predicted molar refractivity (Wildman–Crippen MR) is 68.5 cm³/mol. The van der Waals surface area contributed by atoms with E-state index in [0.29, 0.717) is 11.4 Å². The Morgan fingerprint density at radius 3 is 3.00 bits per heavy atom. The third-order valence-corrected chi connectivity index (χ3v) is 2.55. The van der Waals surface area contributed by atoms with Gasteiger partial charge < -0.3 is 5.43 Å². The van der Waals surface area contributed by atoms with Crippen molar-refractivity contribution in [3.8, 4) is 0 Å². The summed E-state index contributed by atoms with van der Waals surface area (Å²) in [5.74, 6) is -1.20. The number of nitrogens with one attached hydrogen (secondary N) is 3. The summed E-state index contributed by atoms with van der Waals surface area (Å²) >= 11 is 0. The van der Waals surface area contributed by atoms with Crippen molar-refractivity contribution in [2.75, 3.05) is 0 Å². The van der Waals surface area contributed by atoms with Crippen molar-refractivity contribution in [2.45, 2.75) is 6.42 Å². The summed E-state index contributed by atoms with van der Waals surface area (Å²) < 4.78 is 0. The molecule has 19 heavy (non-hydrogen) atoms. The molecule has 2 rings (SSSR count). The van der Waals surface area contributed by atoms with Crippen LogP contribution in [0.15, 0.2) is 41.8 Å². The van der Waals surface area contributed by atoms with Gasteiger partial charge >= 0.3 is 0 Å². The summed E-state index contributed by atoms with van der Waals surface area (Å²) in [6.45, 7) is 3.64. The van der Waals surface area contributed by atoms with Crippen molar-refractivity contribution in [1.29, 1.82) is 0 Å². The molecule has 3 N–H and O–H groups in total. The van der Waals surface area contributed by atoms with Gasteiger partial charge in [0.1, 0.15) is 0 Å². The zero-order valence-corrected chi connectivity index (χ0v) is 10.1. The van der Waals surface area contributed by atoms with E-state index in [0.717, 1.165) is 0 Å². The fourth-order valence-electron chi connectivity index (χ4n) is 1.54. The molecule has 0 saturated carbocycles. The molecule has 7 nitrogen and oxygen atoms in total. The first-order valence-corrected chi connectivity index (χ1v) is 5.64. The SMILES string of the molecule is C=C1NNC(=O)C1CC(=O)NN=Cc1ccccn1. The number of nitrogens with zero attached hydrogens (tertiary/aromatic N) is 2. The molecule has 1 saturated heterocycles. The topological polar surface area (TPSA) is 95.5 Å². The Hall–Kier alpha value is -2.70. The van der Waals surface area contributed by atoms with Crippen LogP contribution in [0.4, 0.5) is 0 Å². The maximum Gasteiger partial charge on any atom is 0.247 e. The van der Waals surface area contributed by atoms with Gasteiger partial charge in [0.15, 0.2) is 0 Å². The zero-order valence-electron chi connectivity index (χ0n) is 10.1. The second-order valence-corrected chi connectivity index (χ2v) is 3.94. The molecule has 1 aliphatic rings. The fourth-order valence-corrected chi connectivity index (χ4v) is 1.54. The molecule has 2 heterocycles. The number of hydrogen-bond acceptors (Lipinski definition) is 5. The van der Waals surface area contributed by atoms with Crippen LogP contribution in [0.5, 0.6) is 0 Å². The molecule has 1 aliphatic heterocycles. The lowest BCUT2D eigenvalue weighted by atomic mass is 10.0. The average molecular weight is 259 g/mol. The Bertz CT molecular complexity index is 510. The summed E-state index contributed by atoms with van der Waals surface area (Å²) in [5.41, 5.74) is 8.43. The number of hydrazone groups is 1. The highest BCUT2D eigenvalue weighted by molar-refractivity contribution is 5.89. The van der Waals surface area contributed by atoms with E-state index in [4.69, 9.17) is 0 Å². The van der Waals surface area contributed by atoms with Gasteiger partial charge in [0.05, 0.1) is 17.8 Å². The van der Waals surface area contributed by atoms with E-state index in [2.05, 4.69) is 32.9 Å². The average Bonchev–Trinajstić information content (AvgIpc) is 2.72. The number of amides is 2. The molecular weight excluding hydrogens is 246 g/mol. The van der Waals surface area contributed by atoms with Crippen LogP contribution in [0.2, 0.25) is 0 Å². The Labute approximate surface area is 109 Å². The van der Waals surface area contributed by atoms with Gasteiger partial charge in [0.25, 0.3) is 0 Å². The zero-order chi connectivity index (χ0) is 13.7. The summed E-state index contributed by atoms with van der Waals surface area (Å²) in [4.78, 5) is 27.0. The van der Waals surface area contributed by atoms with Crippen LogP contribution in [0.3, 0.4) is 0 Å². The largest absolute Gasteiger partial charge is 0.302 e. The van der Waals surface area contributed by atoms with Crippen molar-refractivity contribution in [2.24, 2.45) is 11.0 Å². The maximum atomic E-state index is 11.6. The molecule has 2 amide bonds. The number of rotatable bonds is 4. The van der Waals surface area contributed by atoms with Crippen molar-refractivity contribution < 1.29 is 9.59 Å². The molecule has 0 spiro atoms. The van der Waals surface area contributed by atoms with E-state index < -0.39 is 5.92 Å².